The van der Waals surface area contributed by atoms with Crippen LogP contribution in [-0.4, -0.2) is 11.1 Å². The Hall–Kier alpha value is -2.56. The van der Waals surface area contributed by atoms with E-state index in [0.29, 0.717) is 0 Å². The second-order valence-electron chi connectivity index (χ2n) is 4.18. The fraction of sp³-hybridized carbons (Fsp3) is 0.0714. The average molecular weight is 260 g/mol. The van der Waals surface area contributed by atoms with E-state index in [4.69, 9.17) is 10.8 Å². The number of rotatable bonds is 3. The van der Waals surface area contributed by atoms with Crippen molar-refractivity contribution in [2.45, 2.75) is 6.92 Å². The lowest BCUT2D eigenvalue weighted by molar-refractivity contribution is 0.0698. The van der Waals surface area contributed by atoms with E-state index >= 15 is 0 Å². The number of halogens is 1. The zero-order valence-electron chi connectivity index (χ0n) is 10.3. The molecule has 0 aromatic heterocycles. The largest absolute Gasteiger partial charge is 0.478 e. The summed E-state index contributed by atoms with van der Waals surface area (Å²) in [5.41, 5.74) is 7.24. The first-order chi connectivity index (χ1) is 8.99. The molecule has 19 heavy (non-hydrogen) atoms. The van der Waals surface area contributed by atoms with Crippen LogP contribution >= 0.6 is 0 Å². The van der Waals surface area contributed by atoms with Crippen molar-refractivity contribution in [3.63, 3.8) is 0 Å². The molecule has 2 rings (SSSR count). The van der Waals surface area contributed by atoms with Gasteiger partial charge in [-0.3, -0.25) is 0 Å². The molecule has 2 aromatic rings. The monoisotopic (exact) mass is 260 g/mol. The standard InChI is InChI=1S/C14H13FN2O2/c1-8-5-6-10(15)12(7-8)17-13-9(14(18)19)3-2-4-11(13)16/h2-7,17H,16H2,1H3,(H,18,19). The lowest BCUT2D eigenvalue weighted by Gasteiger charge is -2.13. The third-order valence-corrected chi connectivity index (χ3v) is 2.71. The number of hydrogen-bond donors (Lipinski definition) is 3. The molecule has 98 valence electrons. The van der Waals surface area contributed by atoms with Gasteiger partial charge in [0, 0.05) is 0 Å². The minimum Gasteiger partial charge on any atom is -0.478 e. The van der Waals surface area contributed by atoms with Crippen LogP contribution in [0.1, 0.15) is 15.9 Å². The highest BCUT2D eigenvalue weighted by atomic mass is 19.1. The number of carboxylic acids is 1. The molecule has 0 atom stereocenters. The maximum Gasteiger partial charge on any atom is 0.337 e. The molecule has 0 unspecified atom stereocenters. The van der Waals surface area contributed by atoms with Gasteiger partial charge < -0.3 is 16.2 Å². The Kier molecular flexibility index (Phi) is 3.37. The Labute approximate surface area is 109 Å². The predicted octanol–water partition coefficient (Wildman–Crippen LogP) is 3.16. The molecule has 0 fully saturated rings. The van der Waals surface area contributed by atoms with Gasteiger partial charge in [-0.2, -0.15) is 0 Å². The molecule has 0 spiro atoms. The number of nitrogens with two attached hydrogens (primary N) is 1. The molecule has 0 amide bonds. The molecular formula is C14H13FN2O2. The second-order valence-corrected chi connectivity index (χ2v) is 4.18. The fourth-order valence-corrected chi connectivity index (χ4v) is 1.76. The quantitative estimate of drug-likeness (QED) is 0.741. The van der Waals surface area contributed by atoms with Crippen molar-refractivity contribution in [1.82, 2.24) is 0 Å². The maximum absolute atomic E-state index is 13.7. The Morgan fingerprint density at radius 1 is 1.32 bits per heavy atom. The molecular weight excluding hydrogens is 247 g/mol. The summed E-state index contributed by atoms with van der Waals surface area (Å²) in [4.78, 5) is 11.1. The van der Waals surface area contributed by atoms with E-state index in [1.54, 1.807) is 18.2 Å². The van der Waals surface area contributed by atoms with Gasteiger partial charge in [0.2, 0.25) is 0 Å². The van der Waals surface area contributed by atoms with E-state index in [1.807, 2.05) is 6.92 Å². The lowest BCUT2D eigenvalue weighted by atomic mass is 10.1. The Balaban J connectivity index is 2.49. The summed E-state index contributed by atoms with van der Waals surface area (Å²) in [7, 11) is 0. The third kappa shape index (κ3) is 2.65. The van der Waals surface area contributed by atoms with Gasteiger partial charge in [-0.05, 0) is 36.8 Å². The van der Waals surface area contributed by atoms with Crippen molar-refractivity contribution in [2.75, 3.05) is 11.1 Å². The fourth-order valence-electron chi connectivity index (χ4n) is 1.76. The van der Waals surface area contributed by atoms with Gasteiger partial charge >= 0.3 is 5.97 Å². The Bertz CT molecular complexity index is 641. The first kappa shape index (κ1) is 12.9. The van der Waals surface area contributed by atoms with E-state index in [9.17, 15) is 9.18 Å². The number of carbonyl (C=O) groups is 1. The van der Waals surface area contributed by atoms with Gasteiger partial charge in [-0.1, -0.05) is 12.1 Å². The lowest BCUT2D eigenvalue weighted by Crippen LogP contribution is -2.06. The average Bonchev–Trinajstić information content (AvgIpc) is 2.35. The molecule has 0 aliphatic rings. The molecule has 4 nitrogen and oxygen atoms in total. The molecule has 4 N–H and O–H groups in total. The van der Waals surface area contributed by atoms with Gasteiger partial charge in [0.25, 0.3) is 0 Å². The molecule has 5 heteroatoms. The van der Waals surface area contributed by atoms with Gasteiger partial charge in [-0.25, -0.2) is 9.18 Å². The van der Waals surface area contributed by atoms with Crippen molar-refractivity contribution in [1.29, 1.82) is 0 Å². The van der Waals surface area contributed by atoms with Crippen LogP contribution in [0.4, 0.5) is 21.5 Å². The molecule has 0 bridgehead atoms. The topological polar surface area (TPSA) is 75.3 Å². The molecule has 2 aromatic carbocycles. The summed E-state index contributed by atoms with van der Waals surface area (Å²) >= 11 is 0. The van der Waals surface area contributed by atoms with E-state index in [2.05, 4.69) is 5.32 Å². The number of aryl methyl sites for hydroxylation is 1. The summed E-state index contributed by atoms with van der Waals surface area (Å²) < 4.78 is 13.7. The zero-order valence-corrected chi connectivity index (χ0v) is 10.3. The molecule has 0 aliphatic carbocycles. The van der Waals surface area contributed by atoms with Crippen LogP contribution < -0.4 is 11.1 Å². The summed E-state index contributed by atoms with van der Waals surface area (Å²) in [6.07, 6.45) is 0. The molecule has 0 heterocycles. The van der Waals surface area contributed by atoms with Crippen LogP contribution in [0, 0.1) is 12.7 Å². The SMILES string of the molecule is Cc1ccc(F)c(Nc2c(N)cccc2C(=O)O)c1. The van der Waals surface area contributed by atoms with E-state index in [1.165, 1.54) is 18.2 Å². The van der Waals surface area contributed by atoms with Gasteiger partial charge in [0.15, 0.2) is 0 Å². The van der Waals surface area contributed by atoms with Crippen LogP contribution in [-0.2, 0) is 0 Å². The number of nitrogens with one attached hydrogen (secondary N) is 1. The third-order valence-electron chi connectivity index (χ3n) is 2.71. The van der Waals surface area contributed by atoms with Crippen LogP contribution in [0.5, 0.6) is 0 Å². The highest BCUT2D eigenvalue weighted by Crippen LogP contribution is 2.29. The van der Waals surface area contributed by atoms with Crippen LogP contribution in [0.3, 0.4) is 0 Å². The van der Waals surface area contributed by atoms with Crippen molar-refractivity contribution >= 4 is 23.0 Å². The number of para-hydroxylation sites is 1. The number of benzene rings is 2. The number of carboxylic acid groups (broad SMARTS) is 1. The number of aromatic carboxylic acids is 1. The molecule has 0 saturated heterocycles. The van der Waals surface area contributed by atoms with Crippen LogP contribution in [0.15, 0.2) is 36.4 Å². The van der Waals surface area contributed by atoms with Gasteiger partial charge in [0.05, 0.1) is 22.6 Å². The smallest absolute Gasteiger partial charge is 0.337 e. The van der Waals surface area contributed by atoms with Crippen molar-refractivity contribution < 1.29 is 14.3 Å². The minimum atomic E-state index is -1.12. The molecule has 0 radical (unpaired) electrons. The number of nitrogen functional groups attached to an aromatic ring is 1. The summed E-state index contributed by atoms with van der Waals surface area (Å²) in [5, 5.41) is 11.9. The van der Waals surface area contributed by atoms with E-state index < -0.39 is 11.8 Å². The predicted molar refractivity (Wildman–Crippen MR) is 72.2 cm³/mol. The summed E-state index contributed by atoms with van der Waals surface area (Å²) in [5.74, 6) is -1.59. The Morgan fingerprint density at radius 2 is 2.05 bits per heavy atom. The first-order valence-corrected chi connectivity index (χ1v) is 5.64. The van der Waals surface area contributed by atoms with Crippen molar-refractivity contribution in [2.24, 2.45) is 0 Å². The maximum atomic E-state index is 13.7. The van der Waals surface area contributed by atoms with Crippen LogP contribution in [0.25, 0.3) is 0 Å². The highest BCUT2D eigenvalue weighted by molar-refractivity contribution is 5.98. The Morgan fingerprint density at radius 3 is 2.74 bits per heavy atom. The summed E-state index contributed by atoms with van der Waals surface area (Å²) in [6, 6.07) is 9.05. The number of anilines is 3. The zero-order chi connectivity index (χ0) is 14.0. The highest BCUT2D eigenvalue weighted by Gasteiger charge is 2.14. The molecule has 0 aliphatic heterocycles. The summed E-state index contributed by atoms with van der Waals surface area (Å²) in [6.45, 7) is 1.82. The minimum absolute atomic E-state index is 0.000839. The number of hydrogen-bond acceptors (Lipinski definition) is 3. The van der Waals surface area contributed by atoms with Crippen LogP contribution in [0.2, 0.25) is 0 Å². The second kappa shape index (κ2) is 4.97. The van der Waals surface area contributed by atoms with Crippen molar-refractivity contribution in [3.05, 3.63) is 53.3 Å². The van der Waals surface area contributed by atoms with Crippen molar-refractivity contribution in [3.8, 4) is 0 Å². The van der Waals surface area contributed by atoms with E-state index in [0.717, 1.165) is 5.56 Å². The first-order valence-electron chi connectivity index (χ1n) is 5.64. The van der Waals surface area contributed by atoms with Gasteiger partial charge in [0.1, 0.15) is 5.82 Å². The van der Waals surface area contributed by atoms with E-state index in [-0.39, 0.29) is 22.6 Å². The van der Waals surface area contributed by atoms with Gasteiger partial charge in [-0.15, -0.1) is 0 Å². The molecule has 0 saturated carbocycles. The normalized spacial score (nSPS) is 10.2.